The molecule has 0 spiro atoms. The molecule has 0 aliphatic heterocycles. The van der Waals surface area contributed by atoms with Crippen LogP contribution in [0, 0.1) is 11.3 Å². The van der Waals surface area contributed by atoms with Gasteiger partial charge in [-0.1, -0.05) is 6.07 Å². The van der Waals surface area contributed by atoms with Crippen molar-refractivity contribution >= 4 is 21.9 Å². The maximum Gasteiger partial charge on any atom is 0.304 e. The van der Waals surface area contributed by atoms with Gasteiger partial charge < -0.3 is 9.84 Å². The smallest absolute Gasteiger partial charge is 0.304 e. The summed E-state index contributed by atoms with van der Waals surface area (Å²) < 4.78 is 32.3. The highest BCUT2D eigenvalue weighted by atomic mass is 32.2. The Hall–Kier alpha value is -2.31. The molecule has 9 heteroatoms. The molecule has 1 rings (SSSR count). The van der Waals surface area contributed by atoms with Gasteiger partial charge in [0.2, 0.25) is 0 Å². The van der Waals surface area contributed by atoms with E-state index in [9.17, 15) is 13.2 Å². The zero-order chi connectivity index (χ0) is 16.0. The number of carboxylic acids is 1. The van der Waals surface area contributed by atoms with Crippen molar-refractivity contribution in [2.75, 3.05) is 25.4 Å². The maximum absolute atomic E-state index is 12.1. The summed E-state index contributed by atoms with van der Waals surface area (Å²) >= 11 is 0. The van der Waals surface area contributed by atoms with Crippen LogP contribution in [0.25, 0.3) is 0 Å². The van der Waals surface area contributed by atoms with E-state index in [-0.39, 0.29) is 30.0 Å². The predicted molar refractivity (Wildman–Crippen MR) is 75.1 cm³/mol. The first-order valence-electron chi connectivity index (χ1n) is 5.84. The van der Waals surface area contributed by atoms with E-state index in [1.165, 1.54) is 26.3 Å². The molecule has 114 valence electrons. The van der Waals surface area contributed by atoms with Crippen LogP contribution >= 0.6 is 0 Å². The number of carbonyl (C=O) groups is 1. The van der Waals surface area contributed by atoms with Gasteiger partial charge in [0.1, 0.15) is 17.5 Å². The highest BCUT2D eigenvalue weighted by Crippen LogP contribution is 2.29. The Balaban J connectivity index is 3.04. The SMILES string of the molecule is COc1cccc(C#N)c1NS(=O)(=O)N(C)CCC(=O)O. The largest absolute Gasteiger partial charge is 0.495 e. The molecule has 0 atom stereocenters. The first-order valence-corrected chi connectivity index (χ1v) is 7.28. The molecular formula is C12H15N3O5S. The minimum Gasteiger partial charge on any atom is -0.495 e. The highest BCUT2D eigenvalue weighted by molar-refractivity contribution is 7.90. The van der Waals surface area contributed by atoms with Crippen LogP contribution in [-0.2, 0) is 15.0 Å². The number of carboxylic acid groups (broad SMARTS) is 1. The van der Waals surface area contributed by atoms with E-state index in [2.05, 4.69) is 4.72 Å². The van der Waals surface area contributed by atoms with Crippen LogP contribution in [0.4, 0.5) is 5.69 Å². The van der Waals surface area contributed by atoms with Crippen LogP contribution in [0.15, 0.2) is 18.2 Å². The van der Waals surface area contributed by atoms with Crippen molar-refractivity contribution in [2.45, 2.75) is 6.42 Å². The molecule has 0 heterocycles. The van der Waals surface area contributed by atoms with Crippen LogP contribution < -0.4 is 9.46 Å². The Kier molecular flexibility index (Phi) is 5.52. The molecule has 21 heavy (non-hydrogen) atoms. The lowest BCUT2D eigenvalue weighted by Gasteiger charge is -2.19. The van der Waals surface area contributed by atoms with Crippen molar-refractivity contribution in [3.63, 3.8) is 0 Å². The van der Waals surface area contributed by atoms with Gasteiger partial charge in [0, 0.05) is 13.6 Å². The normalized spacial score (nSPS) is 11.0. The molecule has 0 unspecified atom stereocenters. The standard InChI is InChI=1S/C12H15N3O5S/c1-15(7-6-11(16)17)21(18,19)14-12-9(8-13)4-3-5-10(12)20-2/h3-5,14H,6-7H2,1-2H3,(H,16,17). The first kappa shape index (κ1) is 16.7. The number of benzene rings is 1. The van der Waals surface area contributed by atoms with Gasteiger partial charge in [-0.25, -0.2) is 0 Å². The van der Waals surface area contributed by atoms with Crippen molar-refractivity contribution < 1.29 is 23.1 Å². The molecule has 2 N–H and O–H groups in total. The average Bonchev–Trinajstić information content (AvgIpc) is 2.44. The van der Waals surface area contributed by atoms with E-state index in [1.54, 1.807) is 6.07 Å². The second kappa shape index (κ2) is 6.92. The fourth-order valence-corrected chi connectivity index (χ4v) is 2.44. The molecule has 0 aromatic heterocycles. The molecular weight excluding hydrogens is 298 g/mol. The number of rotatable bonds is 7. The fraction of sp³-hybridized carbons (Fsp3) is 0.333. The van der Waals surface area contributed by atoms with Crippen molar-refractivity contribution in [3.8, 4) is 11.8 Å². The zero-order valence-electron chi connectivity index (χ0n) is 11.5. The molecule has 8 nitrogen and oxygen atoms in total. The molecule has 0 saturated carbocycles. The molecule has 0 saturated heterocycles. The van der Waals surface area contributed by atoms with Crippen molar-refractivity contribution in [1.82, 2.24) is 4.31 Å². The van der Waals surface area contributed by atoms with Crippen molar-refractivity contribution in [2.24, 2.45) is 0 Å². The Morgan fingerprint density at radius 1 is 1.52 bits per heavy atom. The Morgan fingerprint density at radius 2 is 2.19 bits per heavy atom. The monoisotopic (exact) mass is 313 g/mol. The predicted octanol–water partition coefficient (Wildman–Crippen LogP) is 0.630. The van der Waals surface area contributed by atoms with Gasteiger partial charge in [0.15, 0.2) is 0 Å². The number of nitriles is 1. The van der Waals surface area contributed by atoms with E-state index in [4.69, 9.17) is 15.1 Å². The number of nitrogens with one attached hydrogen (secondary N) is 1. The minimum atomic E-state index is -3.99. The second-order valence-corrected chi connectivity index (χ2v) is 5.84. The van der Waals surface area contributed by atoms with Crippen LogP contribution in [0.3, 0.4) is 0 Å². The summed E-state index contributed by atoms with van der Waals surface area (Å²) in [6, 6.07) is 6.37. The van der Waals surface area contributed by atoms with Crippen molar-refractivity contribution in [1.29, 1.82) is 5.26 Å². The second-order valence-electron chi connectivity index (χ2n) is 4.07. The Labute approximate surface area is 122 Å². The summed E-state index contributed by atoms with van der Waals surface area (Å²) in [5, 5.41) is 17.6. The quantitative estimate of drug-likeness (QED) is 0.762. The fourth-order valence-electron chi connectivity index (χ4n) is 1.48. The van der Waals surface area contributed by atoms with Gasteiger partial charge in [-0.05, 0) is 12.1 Å². The van der Waals surface area contributed by atoms with Gasteiger partial charge in [-0.3, -0.25) is 9.52 Å². The number of methoxy groups -OCH3 is 1. The van der Waals surface area contributed by atoms with Crippen LogP contribution in [-0.4, -0.2) is 44.5 Å². The third kappa shape index (κ3) is 4.34. The van der Waals surface area contributed by atoms with E-state index in [0.29, 0.717) is 0 Å². The summed E-state index contributed by atoms with van der Waals surface area (Å²) in [6.45, 7) is -0.193. The van der Waals surface area contributed by atoms with Crippen molar-refractivity contribution in [3.05, 3.63) is 23.8 Å². The third-order valence-electron chi connectivity index (χ3n) is 2.65. The number of hydrogen-bond donors (Lipinski definition) is 2. The van der Waals surface area contributed by atoms with E-state index >= 15 is 0 Å². The van der Waals surface area contributed by atoms with Crippen LogP contribution in [0.2, 0.25) is 0 Å². The number of anilines is 1. The van der Waals surface area contributed by atoms with E-state index < -0.39 is 16.2 Å². The highest BCUT2D eigenvalue weighted by Gasteiger charge is 2.22. The number of para-hydroxylation sites is 1. The molecule has 0 aliphatic rings. The van der Waals surface area contributed by atoms with Crippen LogP contribution in [0.5, 0.6) is 5.75 Å². The van der Waals surface area contributed by atoms with E-state index in [0.717, 1.165) is 4.31 Å². The Bertz CT molecular complexity index is 666. The molecule has 0 fully saturated rings. The summed E-state index contributed by atoms with van der Waals surface area (Å²) in [6.07, 6.45) is -0.325. The molecule has 1 aromatic rings. The number of nitrogens with zero attached hydrogens (tertiary/aromatic N) is 2. The minimum absolute atomic E-state index is 0.0182. The van der Waals surface area contributed by atoms with Gasteiger partial charge in [-0.2, -0.15) is 18.0 Å². The van der Waals surface area contributed by atoms with E-state index in [1.807, 2.05) is 6.07 Å². The summed E-state index contributed by atoms with van der Waals surface area (Å²) in [7, 11) is -1.39. The molecule has 0 amide bonds. The van der Waals surface area contributed by atoms with Gasteiger partial charge >= 0.3 is 16.2 Å². The topological polar surface area (TPSA) is 120 Å². The number of ether oxygens (including phenoxy) is 1. The average molecular weight is 313 g/mol. The maximum atomic E-state index is 12.1. The van der Waals surface area contributed by atoms with Gasteiger partial charge in [0.05, 0.1) is 19.1 Å². The molecule has 0 aliphatic carbocycles. The van der Waals surface area contributed by atoms with Gasteiger partial charge in [0.25, 0.3) is 0 Å². The van der Waals surface area contributed by atoms with Gasteiger partial charge in [-0.15, -0.1) is 0 Å². The zero-order valence-corrected chi connectivity index (χ0v) is 12.3. The molecule has 1 aromatic carbocycles. The lowest BCUT2D eigenvalue weighted by molar-refractivity contribution is -0.137. The lowest BCUT2D eigenvalue weighted by Crippen LogP contribution is -2.34. The lowest BCUT2D eigenvalue weighted by atomic mass is 10.2. The summed E-state index contributed by atoms with van der Waals surface area (Å²) in [5.74, 6) is -0.906. The number of hydrogen-bond acceptors (Lipinski definition) is 5. The molecule has 0 bridgehead atoms. The first-order chi connectivity index (χ1) is 9.81. The summed E-state index contributed by atoms with van der Waals surface area (Å²) in [4.78, 5) is 10.5. The van der Waals surface area contributed by atoms with Crippen LogP contribution in [0.1, 0.15) is 12.0 Å². The molecule has 0 radical (unpaired) electrons. The number of aliphatic carboxylic acids is 1. The summed E-state index contributed by atoms with van der Waals surface area (Å²) in [5.41, 5.74) is 0.120. The Morgan fingerprint density at radius 3 is 2.71 bits per heavy atom. The third-order valence-corrected chi connectivity index (χ3v) is 4.11.